The molecule has 1 saturated heterocycles. The maximum atomic E-state index is 14.0. The molecule has 8 nitrogen and oxygen atoms in total. The van der Waals surface area contributed by atoms with Gasteiger partial charge >= 0.3 is 0 Å². The quantitative estimate of drug-likeness (QED) is 0.390. The second kappa shape index (κ2) is 9.59. The zero-order chi connectivity index (χ0) is 26.1. The van der Waals surface area contributed by atoms with Crippen molar-refractivity contribution in [2.75, 3.05) is 22.4 Å². The zero-order valence-electron chi connectivity index (χ0n) is 20.6. The first-order chi connectivity index (χ1) is 17.7. The SMILES string of the molecule is CN(C(=O)c1cc(NS(=O)(=O)c2ccccc2)cc(NS2(=O)(c3ccccc3)CO2)c1)C1CCCCC1. The summed E-state index contributed by atoms with van der Waals surface area (Å²) in [4.78, 5) is 15.9. The Hall–Kier alpha value is -3.21. The lowest BCUT2D eigenvalue weighted by Crippen LogP contribution is -2.38. The van der Waals surface area contributed by atoms with Gasteiger partial charge in [0.05, 0.1) is 21.2 Å². The van der Waals surface area contributed by atoms with Gasteiger partial charge in [0.25, 0.3) is 15.9 Å². The van der Waals surface area contributed by atoms with Crippen molar-refractivity contribution in [2.45, 2.75) is 47.9 Å². The molecule has 0 radical (unpaired) electrons. The van der Waals surface area contributed by atoms with Gasteiger partial charge in [-0.1, -0.05) is 65.2 Å². The first-order valence-electron chi connectivity index (χ1n) is 12.3. The molecule has 0 aromatic heterocycles. The molecule has 1 saturated carbocycles. The smallest absolute Gasteiger partial charge is 0.261 e. The molecule has 0 atom stereocenters. The van der Waals surface area contributed by atoms with Gasteiger partial charge in [-0.3, -0.25) is 14.2 Å². The number of rotatable bonds is 8. The van der Waals surface area contributed by atoms with Gasteiger partial charge in [0.2, 0.25) is 0 Å². The van der Waals surface area contributed by atoms with E-state index in [1.807, 2.05) is 6.07 Å². The van der Waals surface area contributed by atoms with Gasteiger partial charge in [0, 0.05) is 18.7 Å². The molecule has 37 heavy (non-hydrogen) atoms. The van der Waals surface area contributed by atoms with Crippen molar-refractivity contribution in [2.24, 2.45) is 0 Å². The molecular formula is C27H31N3O5S2. The lowest BCUT2D eigenvalue weighted by atomic mass is 9.94. The highest BCUT2D eigenvalue weighted by molar-refractivity contribution is 8.21. The predicted octanol–water partition coefficient (Wildman–Crippen LogP) is 5.00. The Labute approximate surface area is 217 Å². The summed E-state index contributed by atoms with van der Waals surface area (Å²) in [5.41, 5.74) is 0.803. The summed E-state index contributed by atoms with van der Waals surface area (Å²) in [7, 11) is -5.96. The monoisotopic (exact) mass is 541 g/mol. The van der Waals surface area contributed by atoms with E-state index in [1.165, 1.54) is 30.7 Å². The number of benzene rings is 3. The second-order valence-corrected chi connectivity index (χ2v) is 14.5. The normalized spacial score (nSPS) is 19.6. The summed E-state index contributed by atoms with van der Waals surface area (Å²) in [5, 5.41) is 0. The average molecular weight is 542 g/mol. The van der Waals surface area contributed by atoms with Crippen molar-refractivity contribution in [1.29, 1.82) is 0 Å². The first kappa shape index (κ1) is 25.4. The predicted molar refractivity (Wildman–Crippen MR) is 145 cm³/mol. The number of sulfonamides is 1. The van der Waals surface area contributed by atoms with E-state index in [1.54, 1.807) is 60.5 Å². The molecule has 2 fully saturated rings. The number of hydrogen-bond acceptors (Lipinski definition) is 5. The molecule has 1 aliphatic carbocycles. The third-order valence-electron chi connectivity index (χ3n) is 6.92. The second-order valence-electron chi connectivity index (χ2n) is 9.60. The third-order valence-corrected chi connectivity index (χ3v) is 11.1. The van der Waals surface area contributed by atoms with Crippen LogP contribution in [0.1, 0.15) is 42.5 Å². The van der Waals surface area contributed by atoms with E-state index in [4.69, 9.17) is 4.18 Å². The zero-order valence-corrected chi connectivity index (χ0v) is 22.3. The van der Waals surface area contributed by atoms with Crippen molar-refractivity contribution in [3.05, 3.63) is 84.4 Å². The highest BCUT2D eigenvalue weighted by Crippen LogP contribution is 2.49. The average Bonchev–Trinajstić information content (AvgIpc) is 3.62. The number of carbonyl (C=O) groups excluding carboxylic acids is 1. The number of hydrogen-bond donors (Lipinski definition) is 2. The standard InChI is InChI=1S/C27H31N3O5S2/c1-30(24-11-5-2-6-12-24)27(31)21-17-22(28-36(32,33)25-13-7-3-8-14-25)19-23(18-21)29-37(34,20-35-37)26-15-9-4-10-16-26/h3-4,7-10,13-19,24,28H,2,5-6,11-12,20H2,1H3,(H,29,34). The van der Waals surface area contributed by atoms with Crippen LogP contribution in [-0.4, -0.2) is 42.5 Å². The third kappa shape index (κ3) is 5.27. The number of amides is 1. The first-order valence-corrected chi connectivity index (χ1v) is 15.9. The maximum Gasteiger partial charge on any atom is 0.261 e. The minimum Gasteiger partial charge on any atom is -0.339 e. The molecule has 3 aromatic carbocycles. The van der Waals surface area contributed by atoms with Gasteiger partial charge in [0.1, 0.15) is 0 Å². The molecule has 0 bridgehead atoms. The van der Waals surface area contributed by atoms with Crippen LogP contribution in [0.4, 0.5) is 11.4 Å². The lowest BCUT2D eigenvalue weighted by Gasteiger charge is -2.32. The molecule has 1 heterocycles. The summed E-state index contributed by atoms with van der Waals surface area (Å²) < 4.78 is 51.2. The van der Waals surface area contributed by atoms with Crippen molar-refractivity contribution in [1.82, 2.24) is 4.90 Å². The fourth-order valence-electron chi connectivity index (χ4n) is 4.78. The topological polar surface area (TPSA) is 108 Å². The summed E-state index contributed by atoms with van der Waals surface area (Å²) in [6.07, 6.45) is 5.19. The minimum absolute atomic E-state index is 0.00750. The fraction of sp³-hybridized carbons (Fsp3) is 0.296. The van der Waals surface area contributed by atoms with Crippen LogP contribution in [0.2, 0.25) is 0 Å². The molecule has 2 aliphatic rings. The Morgan fingerprint density at radius 2 is 1.51 bits per heavy atom. The molecular weight excluding hydrogens is 510 g/mol. The van der Waals surface area contributed by atoms with E-state index in [9.17, 15) is 17.4 Å². The van der Waals surface area contributed by atoms with Gasteiger partial charge in [-0.05, 0) is 55.3 Å². The van der Waals surface area contributed by atoms with Crippen LogP contribution in [0, 0.1) is 0 Å². The van der Waals surface area contributed by atoms with E-state index in [0.717, 1.165) is 25.7 Å². The molecule has 196 valence electrons. The van der Waals surface area contributed by atoms with Crippen molar-refractivity contribution < 1.29 is 21.6 Å². The van der Waals surface area contributed by atoms with E-state index in [-0.39, 0.29) is 28.5 Å². The number of carbonyl (C=O) groups is 1. The summed E-state index contributed by atoms with van der Waals surface area (Å²) in [6, 6.07) is 21.6. The van der Waals surface area contributed by atoms with Gasteiger partial charge in [-0.2, -0.15) is 4.21 Å². The molecule has 5 rings (SSSR count). The molecule has 3 aromatic rings. The summed E-state index contributed by atoms with van der Waals surface area (Å²) in [6.45, 7) is 0. The molecule has 10 heteroatoms. The van der Waals surface area contributed by atoms with Gasteiger partial charge < -0.3 is 4.90 Å². The Bertz CT molecular complexity index is 1460. The van der Waals surface area contributed by atoms with Crippen LogP contribution in [-0.2, 0) is 23.7 Å². The molecule has 1 aliphatic heterocycles. The van der Waals surface area contributed by atoms with Crippen LogP contribution in [0.3, 0.4) is 0 Å². The van der Waals surface area contributed by atoms with Crippen molar-refractivity contribution in [3.63, 3.8) is 0 Å². The largest absolute Gasteiger partial charge is 0.339 e. The van der Waals surface area contributed by atoms with Crippen LogP contribution < -0.4 is 9.44 Å². The lowest BCUT2D eigenvalue weighted by molar-refractivity contribution is 0.0696. The van der Waals surface area contributed by atoms with Gasteiger partial charge in [-0.25, -0.2) is 12.6 Å². The number of nitrogens with zero attached hydrogens (tertiary/aromatic N) is 1. The molecule has 1 amide bonds. The molecule has 0 spiro atoms. The Morgan fingerprint density at radius 1 is 0.919 bits per heavy atom. The van der Waals surface area contributed by atoms with E-state index in [2.05, 4.69) is 9.44 Å². The maximum absolute atomic E-state index is 14.0. The van der Waals surface area contributed by atoms with Crippen LogP contribution in [0.15, 0.2) is 88.7 Å². The Kier molecular flexibility index (Phi) is 6.59. The number of nitrogens with one attached hydrogen (secondary N) is 2. The van der Waals surface area contributed by atoms with Crippen LogP contribution in [0.25, 0.3) is 0 Å². The fourth-order valence-corrected chi connectivity index (χ4v) is 8.19. The summed E-state index contributed by atoms with van der Waals surface area (Å²) in [5.74, 6) is -0.231. The van der Waals surface area contributed by atoms with Crippen molar-refractivity contribution >= 4 is 36.8 Å². The van der Waals surface area contributed by atoms with Crippen molar-refractivity contribution in [3.8, 4) is 0 Å². The molecule has 2 N–H and O–H groups in total. The van der Waals surface area contributed by atoms with Gasteiger partial charge in [0.15, 0.2) is 5.94 Å². The molecule has 0 unspecified atom stereocenters. The van der Waals surface area contributed by atoms with E-state index in [0.29, 0.717) is 16.1 Å². The van der Waals surface area contributed by atoms with E-state index < -0.39 is 19.6 Å². The number of anilines is 2. The van der Waals surface area contributed by atoms with Crippen LogP contribution >= 0.6 is 0 Å². The van der Waals surface area contributed by atoms with E-state index >= 15 is 0 Å². The highest BCUT2D eigenvalue weighted by Gasteiger charge is 2.48. The highest BCUT2D eigenvalue weighted by atomic mass is 32.3. The Morgan fingerprint density at radius 3 is 2.14 bits per heavy atom. The Balaban J connectivity index is 1.51. The van der Waals surface area contributed by atoms with Crippen LogP contribution in [0.5, 0.6) is 0 Å². The van der Waals surface area contributed by atoms with Gasteiger partial charge in [-0.15, -0.1) is 0 Å². The minimum atomic E-state index is -3.91. The summed E-state index contributed by atoms with van der Waals surface area (Å²) >= 11 is 0.